The lowest BCUT2D eigenvalue weighted by Gasteiger charge is -2.35. The molecule has 3 fully saturated rings. The molecule has 8 nitrogen and oxygen atoms in total. The summed E-state index contributed by atoms with van der Waals surface area (Å²) >= 11 is 5.29. The number of amides is 2. The molecule has 3 unspecified atom stereocenters. The molecule has 1 aromatic carbocycles. The molecule has 3 heterocycles. The van der Waals surface area contributed by atoms with E-state index in [0.717, 1.165) is 0 Å². The van der Waals surface area contributed by atoms with Crippen LogP contribution in [-0.2, 0) is 19.1 Å². The number of benzene rings is 1. The molecule has 1 aromatic rings. The van der Waals surface area contributed by atoms with Gasteiger partial charge in [0.2, 0.25) is 11.8 Å². The van der Waals surface area contributed by atoms with Crippen LogP contribution in [0.5, 0.6) is 5.75 Å². The predicted molar refractivity (Wildman–Crippen MR) is 128 cm³/mol. The Bertz CT molecular complexity index is 915. The number of carbonyl (C=O) groups is 3. The molecule has 0 aliphatic carbocycles. The van der Waals surface area contributed by atoms with E-state index in [2.05, 4.69) is 21.2 Å². The normalized spacial score (nSPS) is 32.1. The van der Waals surface area contributed by atoms with Gasteiger partial charge in [-0.2, -0.15) is 0 Å². The Balaban J connectivity index is 1.67. The van der Waals surface area contributed by atoms with E-state index in [1.807, 2.05) is 0 Å². The van der Waals surface area contributed by atoms with Gasteiger partial charge in [-0.1, -0.05) is 15.9 Å². The molecule has 3 saturated heterocycles. The molecule has 3 aliphatic rings. The van der Waals surface area contributed by atoms with Gasteiger partial charge in [-0.05, 0) is 50.5 Å². The van der Waals surface area contributed by atoms with Crippen molar-refractivity contribution in [1.29, 1.82) is 0 Å². The van der Waals surface area contributed by atoms with Crippen molar-refractivity contribution in [3.8, 4) is 5.75 Å². The van der Waals surface area contributed by atoms with Crippen LogP contribution < -0.4 is 10.1 Å². The molecule has 10 heteroatoms. The van der Waals surface area contributed by atoms with Crippen molar-refractivity contribution in [3.63, 3.8) is 0 Å². The van der Waals surface area contributed by atoms with Gasteiger partial charge < -0.3 is 24.8 Å². The molecule has 2 bridgehead atoms. The monoisotopic (exact) mass is 540 g/mol. The minimum absolute atomic E-state index is 0.00892. The number of methoxy groups -OCH3 is 1. The van der Waals surface area contributed by atoms with Crippen LogP contribution in [0, 0.1) is 11.8 Å². The van der Waals surface area contributed by atoms with Gasteiger partial charge in [0.05, 0.1) is 30.3 Å². The summed E-state index contributed by atoms with van der Waals surface area (Å²) in [4.78, 5) is 41.9. The number of likely N-dealkylation sites (tertiary alicyclic amines) is 1. The van der Waals surface area contributed by atoms with Crippen LogP contribution in [-0.4, -0.2) is 75.5 Å². The molecule has 2 N–H and O–H groups in total. The number of unbranched alkanes of at least 4 members (excludes halogenated alkanes) is 1. The van der Waals surface area contributed by atoms with Crippen LogP contribution >= 0.6 is 27.7 Å². The van der Waals surface area contributed by atoms with Gasteiger partial charge in [0.25, 0.3) is 0 Å². The first-order valence-electron chi connectivity index (χ1n) is 11.2. The highest BCUT2D eigenvalue weighted by Crippen LogP contribution is 2.67. The zero-order chi connectivity index (χ0) is 23.8. The van der Waals surface area contributed by atoms with Crippen LogP contribution in [0.3, 0.4) is 0 Å². The zero-order valence-corrected chi connectivity index (χ0v) is 21.1. The number of alkyl halides is 1. The molecule has 6 atom stereocenters. The number of aliphatic hydroxyl groups excluding tert-OH is 1. The number of nitrogens with one attached hydrogen (secondary N) is 1. The fraction of sp³-hybridized carbons (Fsp3) is 0.609. The number of aliphatic hydroxyl groups is 1. The van der Waals surface area contributed by atoms with E-state index in [9.17, 15) is 19.5 Å². The van der Waals surface area contributed by atoms with Gasteiger partial charge in [-0.15, -0.1) is 11.8 Å². The summed E-state index contributed by atoms with van der Waals surface area (Å²) in [6.45, 7) is 2.37. The van der Waals surface area contributed by atoms with E-state index < -0.39 is 22.6 Å². The maximum absolute atomic E-state index is 13.7. The number of fused-ring (bicyclic) bond motifs is 1. The number of thioether (sulfide) groups is 1. The quantitative estimate of drug-likeness (QED) is 0.281. The van der Waals surface area contributed by atoms with Crippen molar-refractivity contribution in [2.24, 2.45) is 11.8 Å². The Morgan fingerprint density at radius 2 is 2.03 bits per heavy atom. The van der Waals surface area contributed by atoms with E-state index in [0.29, 0.717) is 37.2 Å². The Kier molecular flexibility index (Phi) is 7.26. The molecule has 0 aromatic heterocycles. The Morgan fingerprint density at radius 3 is 2.67 bits per heavy atom. The highest BCUT2D eigenvalue weighted by Gasteiger charge is 2.75. The number of hydrogen-bond acceptors (Lipinski definition) is 7. The molecule has 2 amide bonds. The maximum atomic E-state index is 13.7. The first-order valence-corrected chi connectivity index (χ1v) is 13.0. The lowest BCUT2D eigenvalue weighted by Crippen LogP contribution is -2.52. The van der Waals surface area contributed by atoms with Crippen LogP contribution in [0.15, 0.2) is 24.3 Å². The first-order chi connectivity index (χ1) is 15.9. The molecule has 33 heavy (non-hydrogen) atoms. The standard InChI is InChI=1S/C23H29BrN2O6S/c1-3-32-22(30)16-17-21(29)26(10-4-5-11-27)19(23(17)12-15(24)18(16)33-23)20(28)25-13-6-8-14(31-2)9-7-13/h6-9,15-19,27H,3-5,10-12H2,1-2H3,(H,25,28)/t15?,16-,17+,18-,19?,23?/m1/s1. The number of nitrogens with zero attached hydrogens (tertiary/aromatic N) is 1. The second-order valence-electron chi connectivity index (χ2n) is 8.60. The van der Waals surface area contributed by atoms with Crippen molar-refractivity contribution >= 4 is 51.2 Å². The Labute approximate surface area is 205 Å². The van der Waals surface area contributed by atoms with Gasteiger partial charge in [-0.25, -0.2) is 0 Å². The molecular weight excluding hydrogens is 512 g/mol. The molecule has 4 rings (SSSR count). The fourth-order valence-corrected chi connectivity index (χ4v) is 9.06. The Morgan fingerprint density at radius 1 is 1.30 bits per heavy atom. The maximum Gasteiger partial charge on any atom is 0.310 e. The van der Waals surface area contributed by atoms with Gasteiger partial charge in [0, 0.05) is 28.9 Å². The van der Waals surface area contributed by atoms with Crippen LogP contribution in [0.4, 0.5) is 5.69 Å². The second kappa shape index (κ2) is 9.84. The third-order valence-electron chi connectivity index (χ3n) is 6.76. The van der Waals surface area contributed by atoms with Crippen molar-refractivity contribution in [2.75, 3.05) is 32.2 Å². The van der Waals surface area contributed by atoms with E-state index >= 15 is 0 Å². The molecule has 3 aliphatic heterocycles. The number of esters is 1. The van der Waals surface area contributed by atoms with Crippen molar-refractivity contribution in [3.05, 3.63) is 24.3 Å². The summed E-state index contributed by atoms with van der Waals surface area (Å²) in [5.74, 6) is -1.31. The average Bonchev–Trinajstić information content (AvgIpc) is 3.38. The SMILES string of the molecule is CCOC(=O)[C@H]1[C@@H]2SC3(CC2Br)C(C(=O)Nc2ccc(OC)cc2)N(CCCCO)C(=O)[C@H]13. The number of hydrogen-bond donors (Lipinski definition) is 2. The highest BCUT2D eigenvalue weighted by molar-refractivity contribution is 9.09. The molecule has 0 saturated carbocycles. The van der Waals surface area contributed by atoms with Gasteiger partial charge in [0.1, 0.15) is 11.8 Å². The van der Waals surface area contributed by atoms with Crippen LogP contribution in [0.1, 0.15) is 26.2 Å². The van der Waals surface area contributed by atoms with Gasteiger partial charge in [-0.3, -0.25) is 14.4 Å². The van der Waals surface area contributed by atoms with Crippen molar-refractivity contribution in [1.82, 2.24) is 4.90 Å². The van der Waals surface area contributed by atoms with E-state index in [1.165, 1.54) is 0 Å². The smallest absolute Gasteiger partial charge is 0.310 e. The summed E-state index contributed by atoms with van der Waals surface area (Å²) in [6, 6.07) is 6.32. The van der Waals surface area contributed by atoms with Crippen molar-refractivity contribution < 1.29 is 29.0 Å². The molecule has 0 radical (unpaired) electrons. The lowest BCUT2D eigenvalue weighted by molar-refractivity contribution is -0.153. The fourth-order valence-electron chi connectivity index (χ4n) is 5.46. The van der Waals surface area contributed by atoms with Crippen molar-refractivity contribution in [2.45, 2.75) is 47.1 Å². The van der Waals surface area contributed by atoms with E-state index in [4.69, 9.17) is 9.47 Å². The topological polar surface area (TPSA) is 105 Å². The van der Waals surface area contributed by atoms with Gasteiger partial charge >= 0.3 is 5.97 Å². The van der Waals surface area contributed by atoms with Crippen LogP contribution in [0.2, 0.25) is 0 Å². The number of anilines is 1. The van der Waals surface area contributed by atoms with Gasteiger partial charge in [0.15, 0.2) is 0 Å². The average molecular weight is 541 g/mol. The number of rotatable bonds is 9. The van der Waals surface area contributed by atoms with E-state index in [-0.39, 0.29) is 41.1 Å². The molecule has 180 valence electrons. The largest absolute Gasteiger partial charge is 0.497 e. The molecular formula is C23H29BrN2O6S. The summed E-state index contributed by atoms with van der Waals surface area (Å²) < 4.78 is 9.82. The number of ether oxygens (including phenoxy) is 2. The second-order valence-corrected chi connectivity index (χ2v) is 11.3. The number of carbonyl (C=O) groups excluding carboxylic acids is 3. The number of halogens is 1. The van der Waals surface area contributed by atoms with Crippen LogP contribution in [0.25, 0.3) is 0 Å². The summed E-state index contributed by atoms with van der Waals surface area (Å²) in [6.07, 6.45) is 1.73. The predicted octanol–water partition coefficient (Wildman–Crippen LogP) is 2.43. The zero-order valence-electron chi connectivity index (χ0n) is 18.7. The third kappa shape index (κ3) is 4.14. The minimum Gasteiger partial charge on any atom is -0.497 e. The Hall–Kier alpha value is -1.78. The highest BCUT2D eigenvalue weighted by atomic mass is 79.9. The summed E-state index contributed by atoms with van der Waals surface area (Å²) in [5, 5.41) is 12.1. The molecule has 1 spiro atoms. The first kappa shape index (κ1) is 24.3. The summed E-state index contributed by atoms with van der Waals surface area (Å²) in [7, 11) is 1.58. The third-order valence-corrected chi connectivity index (χ3v) is 9.98. The van der Waals surface area contributed by atoms with E-state index in [1.54, 1.807) is 55.0 Å². The minimum atomic E-state index is -0.717. The lowest BCUT2D eigenvalue weighted by atomic mass is 9.71. The summed E-state index contributed by atoms with van der Waals surface area (Å²) in [5.41, 5.74) is 0.610.